The molecule has 0 heterocycles. The van der Waals surface area contributed by atoms with Gasteiger partial charge in [0.2, 0.25) is 0 Å². The van der Waals surface area contributed by atoms with E-state index in [1.807, 2.05) is 32.0 Å². The fourth-order valence-electron chi connectivity index (χ4n) is 1.74. The minimum atomic E-state index is -0.574. The number of hydrogen-bond acceptors (Lipinski definition) is 3. The van der Waals surface area contributed by atoms with E-state index in [-0.39, 0.29) is 11.6 Å². The van der Waals surface area contributed by atoms with Crippen molar-refractivity contribution in [2.45, 2.75) is 13.8 Å². The monoisotopic (exact) mass is 274 g/mol. The van der Waals surface area contributed by atoms with Crippen LogP contribution in [0.5, 0.6) is 11.5 Å². The summed E-state index contributed by atoms with van der Waals surface area (Å²) in [7, 11) is 0. The van der Waals surface area contributed by atoms with Crippen LogP contribution in [0.4, 0.5) is 4.39 Å². The first-order chi connectivity index (χ1) is 9.51. The lowest BCUT2D eigenvalue weighted by Gasteiger charge is -2.11. The second kappa shape index (κ2) is 5.61. The zero-order valence-corrected chi connectivity index (χ0v) is 11.2. The minimum Gasteiger partial charge on any atom is -0.454 e. The molecule has 0 aromatic heterocycles. The highest BCUT2D eigenvalue weighted by Gasteiger charge is 2.10. The van der Waals surface area contributed by atoms with Gasteiger partial charge in [-0.15, -0.1) is 0 Å². The first kappa shape index (κ1) is 13.9. The second-order valence-corrected chi connectivity index (χ2v) is 4.50. The van der Waals surface area contributed by atoms with Crippen LogP contribution in [0.3, 0.4) is 0 Å². The normalized spacial score (nSPS) is 11.4. The van der Waals surface area contributed by atoms with Gasteiger partial charge >= 0.3 is 0 Å². The van der Waals surface area contributed by atoms with Crippen LogP contribution in [0.1, 0.15) is 16.7 Å². The van der Waals surface area contributed by atoms with E-state index in [1.54, 1.807) is 0 Å². The number of nitrogens with zero attached hydrogens (tertiary/aromatic N) is 1. The van der Waals surface area contributed by atoms with Gasteiger partial charge in [0.05, 0.1) is 0 Å². The maximum atomic E-state index is 13.9. The molecule has 0 aliphatic carbocycles. The highest BCUT2D eigenvalue weighted by molar-refractivity contribution is 5.97. The summed E-state index contributed by atoms with van der Waals surface area (Å²) in [4.78, 5) is 0. The van der Waals surface area contributed by atoms with E-state index in [0.717, 1.165) is 17.2 Å². The molecule has 0 aliphatic rings. The Hall–Kier alpha value is -2.56. The first-order valence-electron chi connectivity index (χ1n) is 6.04. The number of oxime groups is 1. The molecule has 2 aromatic rings. The predicted octanol–water partition coefficient (Wildman–Crippen LogP) is 3.33. The lowest BCUT2D eigenvalue weighted by atomic mass is 10.1. The van der Waals surface area contributed by atoms with Crippen LogP contribution in [-0.4, -0.2) is 11.0 Å². The van der Waals surface area contributed by atoms with E-state index in [0.29, 0.717) is 11.3 Å². The van der Waals surface area contributed by atoms with Gasteiger partial charge in [0.15, 0.2) is 17.4 Å². The molecule has 2 rings (SSSR count). The summed E-state index contributed by atoms with van der Waals surface area (Å²) >= 11 is 0. The molecule has 2 aromatic carbocycles. The third-order valence-corrected chi connectivity index (χ3v) is 2.90. The molecule has 104 valence electrons. The van der Waals surface area contributed by atoms with Gasteiger partial charge in [0.1, 0.15) is 5.75 Å². The molecule has 0 atom stereocenters. The van der Waals surface area contributed by atoms with Gasteiger partial charge in [-0.05, 0) is 49.2 Å². The molecule has 20 heavy (non-hydrogen) atoms. The van der Waals surface area contributed by atoms with Crippen molar-refractivity contribution in [1.82, 2.24) is 0 Å². The van der Waals surface area contributed by atoms with Gasteiger partial charge < -0.3 is 15.7 Å². The van der Waals surface area contributed by atoms with E-state index in [2.05, 4.69) is 5.16 Å². The predicted molar refractivity (Wildman–Crippen MR) is 74.9 cm³/mol. The van der Waals surface area contributed by atoms with E-state index >= 15 is 0 Å². The molecule has 0 fully saturated rings. The maximum absolute atomic E-state index is 13.9. The van der Waals surface area contributed by atoms with Gasteiger partial charge in [0, 0.05) is 5.56 Å². The third-order valence-electron chi connectivity index (χ3n) is 2.90. The molecule has 0 radical (unpaired) electrons. The summed E-state index contributed by atoms with van der Waals surface area (Å²) in [6, 6.07) is 9.85. The Kier molecular flexibility index (Phi) is 3.89. The standard InChI is InChI=1S/C15H15FN2O2/c1-9-3-4-10(2)14(7-9)20-13-6-5-11(8-12(13)16)15(17)18-19/h3-8,19H,1-2H3,(H2,17,18). The van der Waals surface area contributed by atoms with Crippen LogP contribution < -0.4 is 10.5 Å². The molecule has 0 spiro atoms. The summed E-state index contributed by atoms with van der Waals surface area (Å²) in [6.07, 6.45) is 0. The van der Waals surface area contributed by atoms with Gasteiger partial charge in [-0.25, -0.2) is 4.39 Å². The summed E-state index contributed by atoms with van der Waals surface area (Å²) in [5, 5.41) is 11.4. The van der Waals surface area contributed by atoms with Crippen LogP contribution in [-0.2, 0) is 0 Å². The molecule has 0 bridgehead atoms. The number of nitrogens with two attached hydrogens (primary N) is 1. The largest absolute Gasteiger partial charge is 0.454 e. The molecule has 0 unspecified atom stereocenters. The summed E-state index contributed by atoms with van der Waals surface area (Å²) in [5.41, 5.74) is 7.63. The smallest absolute Gasteiger partial charge is 0.170 e. The maximum Gasteiger partial charge on any atom is 0.170 e. The van der Waals surface area contributed by atoms with Gasteiger partial charge in [-0.1, -0.05) is 17.3 Å². The van der Waals surface area contributed by atoms with Crippen molar-refractivity contribution < 1.29 is 14.3 Å². The minimum absolute atomic E-state index is 0.0909. The van der Waals surface area contributed by atoms with Crippen molar-refractivity contribution >= 4 is 5.84 Å². The molecule has 5 heteroatoms. The molecule has 0 amide bonds. The highest BCUT2D eigenvalue weighted by atomic mass is 19.1. The molecule has 3 N–H and O–H groups in total. The number of hydrogen-bond donors (Lipinski definition) is 2. The van der Waals surface area contributed by atoms with Crippen molar-refractivity contribution in [3.05, 3.63) is 58.9 Å². The van der Waals surface area contributed by atoms with E-state index in [9.17, 15) is 4.39 Å². The second-order valence-electron chi connectivity index (χ2n) is 4.50. The Balaban J connectivity index is 2.33. The van der Waals surface area contributed by atoms with Gasteiger partial charge in [-0.3, -0.25) is 0 Å². The SMILES string of the molecule is Cc1ccc(C)c(Oc2ccc(/C(N)=N/O)cc2F)c1. The zero-order valence-electron chi connectivity index (χ0n) is 11.2. The van der Waals surface area contributed by atoms with Crippen LogP contribution in [0.15, 0.2) is 41.6 Å². The fourth-order valence-corrected chi connectivity index (χ4v) is 1.74. The Morgan fingerprint density at radius 2 is 1.90 bits per heavy atom. The van der Waals surface area contributed by atoms with E-state index in [4.69, 9.17) is 15.7 Å². The Labute approximate surface area is 116 Å². The molecule has 0 saturated heterocycles. The average Bonchev–Trinajstić information content (AvgIpc) is 2.44. The van der Waals surface area contributed by atoms with E-state index < -0.39 is 5.82 Å². The average molecular weight is 274 g/mol. The molecule has 0 saturated carbocycles. The summed E-state index contributed by atoms with van der Waals surface area (Å²) in [5.74, 6) is -0.0363. The first-order valence-corrected chi connectivity index (χ1v) is 6.04. The van der Waals surface area contributed by atoms with Crippen molar-refractivity contribution in [2.24, 2.45) is 10.9 Å². The fraction of sp³-hybridized carbons (Fsp3) is 0.133. The van der Waals surface area contributed by atoms with Gasteiger partial charge in [0.25, 0.3) is 0 Å². The van der Waals surface area contributed by atoms with Crippen LogP contribution in [0, 0.1) is 19.7 Å². The van der Waals surface area contributed by atoms with E-state index in [1.165, 1.54) is 12.1 Å². The topological polar surface area (TPSA) is 67.8 Å². The number of amidine groups is 1. The molecular formula is C15H15FN2O2. The van der Waals surface area contributed by atoms with Crippen molar-refractivity contribution in [3.8, 4) is 11.5 Å². The quantitative estimate of drug-likeness (QED) is 0.390. The number of rotatable bonds is 3. The number of aryl methyl sites for hydroxylation is 2. The summed E-state index contributed by atoms with van der Waals surface area (Å²) < 4.78 is 19.5. The Morgan fingerprint density at radius 3 is 2.55 bits per heavy atom. The Morgan fingerprint density at radius 1 is 1.15 bits per heavy atom. The highest BCUT2D eigenvalue weighted by Crippen LogP contribution is 2.28. The third kappa shape index (κ3) is 2.88. The summed E-state index contributed by atoms with van der Waals surface area (Å²) in [6.45, 7) is 3.82. The van der Waals surface area contributed by atoms with Crippen LogP contribution >= 0.6 is 0 Å². The molecular weight excluding hydrogens is 259 g/mol. The van der Waals surface area contributed by atoms with Crippen LogP contribution in [0.2, 0.25) is 0 Å². The molecule has 4 nitrogen and oxygen atoms in total. The van der Waals surface area contributed by atoms with Crippen molar-refractivity contribution in [2.75, 3.05) is 0 Å². The molecule has 0 aliphatic heterocycles. The Bertz CT molecular complexity index is 669. The van der Waals surface area contributed by atoms with Crippen molar-refractivity contribution in [3.63, 3.8) is 0 Å². The number of halogens is 1. The van der Waals surface area contributed by atoms with Crippen molar-refractivity contribution in [1.29, 1.82) is 0 Å². The lowest BCUT2D eigenvalue weighted by Crippen LogP contribution is -2.13. The van der Waals surface area contributed by atoms with Crippen LogP contribution in [0.25, 0.3) is 0 Å². The van der Waals surface area contributed by atoms with Gasteiger partial charge in [-0.2, -0.15) is 0 Å². The lowest BCUT2D eigenvalue weighted by molar-refractivity contribution is 0.318. The number of benzene rings is 2. The number of ether oxygens (including phenoxy) is 1. The zero-order chi connectivity index (χ0) is 14.7.